The molecule has 88 valence electrons. The number of aliphatic hydroxyl groups is 1. The van der Waals surface area contributed by atoms with Gasteiger partial charge in [-0.15, -0.1) is 0 Å². The Kier molecular flexibility index (Phi) is 2.38. The largest absolute Gasteiger partial charge is 0.496 e. The van der Waals surface area contributed by atoms with E-state index in [1.807, 2.05) is 0 Å². The van der Waals surface area contributed by atoms with Gasteiger partial charge >= 0.3 is 6.18 Å². The van der Waals surface area contributed by atoms with Crippen molar-refractivity contribution >= 4 is 0 Å². The molecule has 5 heteroatoms. The molecule has 1 fully saturated rings. The highest BCUT2D eigenvalue weighted by Crippen LogP contribution is 2.47. The molecule has 1 saturated carbocycles. The fourth-order valence-corrected chi connectivity index (χ4v) is 1.63. The smallest absolute Gasteiger partial charge is 0.419 e. The van der Waals surface area contributed by atoms with Crippen LogP contribution in [0.3, 0.4) is 0 Å². The van der Waals surface area contributed by atoms with E-state index in [-0.39, 0.29) is 5.75 Å². The zero-order valence-electron chi connectivity index (χ0n) is 8.64. The van der Waals surface area contributed by atoms with Crippen LogP contribution in [0.1, 0.15) is 24.0 Å². The predicted octanol–water partition coefficient (Wildman–Crippen LogP) is 2.70. The maximum Gasteiger partial charge on any atom is 0.419 e. The molecule has 0 atom stereocenters. The topological polar surface area (TPSA) is 29.5 Å². The fourth-order valence-electron chi connectivity index (χ4n) is 1.63. The van der Waals surface area contributed by atoms with E-state index in [9.17, 15) is 18.3 Å². The Morgan fingerprint density at radius 1 is 1.31 bits per heavy atom. The van der Waals surface area contributed by atoms with Crippen molar-refractivity contribution in [1.29, 1.82) is 0 Å². The molecule has 1 aliphatic carbocycles. The third-order valence-corrected chi connectivity index (χ3v) is 2.77. The van der Waals surface area contributed by atoms with Gasteiger partial charge in [0, 0.05) is 0 Å². The molecular weight excluding hydrogens is 221 g/mol. The van der Waals surface area contributed by atoms with E-state index in [0.717, 1.165) is 6.07 Å². The lowest BCUT2D eigenvalue weighted by Crippen LogP contribution is -2.11. The lowest BCUT2D eigenvalue weighted by molar-refractivity contribution is -0.138. The Morgan fingerprint density at radius 2 is 1.94 bits per heavy atom. The molecule has 2 nitrogen and oxygen atoms in total. The van der Waals surface area contributed by atoms with Gasteiger partial charge in [-0.3, -0.25) is 0 Å². The minimum atomic E-state index is -4.47. The van der Waals surface area contributed by atoms with Gasteiger partial charge in [0.15, 0.2) is 0 Å². The van der Waals surface area contributed by atoms with Gasteiger partial charge in [-0.25, -0.2) is 0 Å². The number of ether oxygens (including phenoxy) is 1. The minimum absolute atomic E-state index is 0.222. The summed E-state index contributed by atoms with van der Waals surface area (Å²) in [6, 6.07) is 3.68. The van der Waals surface area contributed by atoms with Crippen LogP contribution < -0.4 is 4.74 Å². The number of alkyl halides is 3. The third-order valence-electron chi connectivity index (χ3n) is 2.77. The average molecular weight is 232 g/mol. The second-order valence-electron chi connectivity index (χ2n) is 3.94. The molecule has 16 heavy (non-hydrogen) atoms. The van der Waals surface area contributed by atoms with E-state index >= 15 is 0 Å². The lowest BCUT2D eigenvalue weighted by Gasteiger charge is -2.15. The zero-order chi connectivity index (χ0) is 12.0. The Hall–Kier alpha value is -1.23. The first-order valence-corrected chi connectivity index (χ1v) is 4.85. The van der Waals surface area contributed by atoms with Gasteiger partial charge in [-0.2, -0.15) is 13.2 Å². The van der Waals surface area contributed by atoms with Gasteiger partial charge in [-0.1, -0.05) is 6.07 Å². The van der Waals surface area contributed by atoms with Gasteiger partial charge < -0.3 is 9.84 Å². The molecule has 0 spiro atoms. The summed E-state index contributed by atoms with van der Waals surface area (Å²) in [5.74, 6) is -0.222. The molecule has 0 bridgehead atoms. The minimum Gasteiger partial charge on any atom is -0.496 e. The average Bonchev–Trinajstić information content (AvgIpc) is 2.95. The fraction of sp³-hybridized carbons (Fsp3) is 0.455. The summed E-state index contributed by atoms with van der Waals surface area (Å²) in [4.78, 5) is 0. The summed E-state index contributed by atoms with van der Waals surface area (Å²) in [6.07, 6.45) is -3.44. The molecule has 1 aliphatic rings. The van der Waals surface area contributed by atoms with Crippen LogP contribution >= 0.6 is 0 Å². The van der Waals surface area contributed by atoms with E-state index in [4.69, 9.17) is 0 Å². The Balaban J connectivity index is 2.47. The highest BCUT2D eigenvalue weighted by atomic mass is 19.4. The van der Waals surface area contributed by atoms with Gasteiger partial charge in [0.05, 0.1) is 18.3 Å². The molecule has 0 radical (unpaired) electrons. The van der Waals surface area contributed by atoms with Crippen molar-refractivity contribution in [2.24, 2.45) is 0 Å². The maximum atomic E-state index is 12.7. The number of rotatable bonds is 2. The summed E-state index contributed by atoms with van der Waals surface area (Å²) in [5, 5.41) is 9.75. The molecule has 0 heterocycles. The van der Waals surface area contributed by atoms with Crippen molar-refractivity contribution in [2.45, 2.75) is 24.6 Å². The summed E-state index contributed by atoms with van der Waals surface area (Å²) < 4.78 is 42.6. The van der Waals surface area contributed by atoms with Crippen LogP contribution in [0.5, 0.6) is 5.75 Å². The first kappa shape index (κ1) is 11.3. The van der Waals surface area contributed by atoms with Crippen molar-refractivity contribution in [1.82, 2.24) is 0 Å². The standard InChI is InChI=1S/C11H11F3O2/c1-16-9-3-2-7(10(15)4-5-10)6-8(9)11(12,13)14/h2-3,6,15H,4-5H2,1H3. The van der Waals surface area contributed by atoms with Crippen LogP contribution in [-0.4, -0.2) is 12.2 Å². The van der Waals surface area contributed by atoms with Crippen molar-refractivity contribution in [3.05, 3.63) is 29.3 Å². The van der Waals surface area contributed by atoms with E-state index < -0.39 is 17.3 Å². The van der Waals surface area contributed by atoms with E-state index in [1.165, 1.54) is 19.2 Å². The quantitative estimate of drug-likeness (QED) is 0.849. The monoisotopic (exact) mass is 232 g/mol. The third kappa shape index (κ3) is 1.87. The molecule has 0 unspecified atom stereocenters. The molecule has 0 saturated heterocycles. The molecule has 1 aromatic carbocycles. The van der Waals surface area contributed by atoms with Gasteiger partial charge in [0.1, 0.15) is 5.75 Å². The summed E-state index contributed by atoms with van der Waals surface area (Å²) in [6.45, 7) is 0. The van der Waals surface area contributed by atoms with Crippen LogP contribution in [0.2, 0.25) is 0 Å². The van der Waals surface area contributed by atoms with Crippen molar-refractivity contribution < 1.29 is 23.0 Å². The Bertz CT molecular complexity index is 408. The number of halogens is 3. The van der Waals surface area contributed by atoms with Crippen molar-refractivity contribution in [2.75, 3.05) is 7.11 Å². The second kappa shape index (κ2) is 3.38. The van der Waals surface area contributed by atoms with E-state index in [0.29, 0.717) is 18.4 Å². The number of hydrogen-bond donors (Lipinski definition) is 1. The Labute approximate surface area is 90.7 Å². The van der Waals surface area contributed by atoms with Crippen molar-refractivity contribution in [3.8, 4) is 5.75 Å². The van der Waals surface area contributed by atoms with Crippen LogP contribution in [0.25, 0.3) is 0 Å². The first-order valence-electron chi connectivity index (χ1n) is 4.85. The van der Waals surface area contributed by atoms with Crippen LogP contribution in [0.15, 0.2) is 18.2 Å². The first-order chi connectivity index (χ1) is 7.37. The molecule has 2 rings (SSSR count). The van der Waals surface area contributed by atoms with Gasteiger partial charge in [0.2, 0.25) is 0 Å². The number of methoxy groups -OCH3 is 1. The Morgan fingerprint density at radius 3 is 2.38 bits per heavy atom. The summed E-state index contributed by atoms with van der Waals surface area (Å²) in [5.41, 5.74) is -1.60. The second-order valence-corrected chi connectivity index (χ2v) is 3.94. The van der Waals surface area contributed by atoms with Crippen LogP contribution in [0, 0.1) is 0 Å². The molecule has 0 amide bonds. The summed E-state index contributed by atoms with van der Waals surface area (Å²) in [7, 11) is 1.19. The number of hydrogen-bond acceptors (Lipinski definition) is 2. The van der Waals surface area contributed by atoms with Gasteiger partial charge in [-0.05, 0) is 30.5 Å². The van der Waals surface area contributed by atoms with Gasteiger partial charge in [0.25, 0.3) is 0 Å². The molecular formula is C11H11F3O2. The number of benzene rings is 1. The SMILES string of the molecule is COc1ccc(C2(O)CC2)cc1C(F)(F)F. The predicted molar refractivity (Wildman–Crippen MR) is 51.1 cm³/mol. The highest BCUT2D eigenvalue weighted by molar-refractivity contribution is 5.42. The van der Waals surface area contributed by atoms with Crippen LogP contribution in [0.4, 0.5) is 13.2 Å². The van der Waals surface area contributed by atoms with Crippen molar-refractivity contribution in [3.63, 3.8) is 0 Å². The maximum absolute atomic E-state index is 12.7. The van der Waals surface area contributed by atoms with E-state index in [1.54, 1.807) is 0 Å². The van der Waals surface area contributed by atoms with Crippen LogP contribution in [-0.2, 0) is 11.8 Å². The molecule has 0 aromatic heterocycles. The lowest BCUT2D eigenvalue weighted by atomic mass is 10.0. The zero-order valence-corrected chi connectivity index (χ0v) is 8.64. The highest BCUT2D eigenvalue weighted by Gasteiger charge is 2.44. The normalized spacial score (nSPS) is 18.3. The molecule has 1 aromatic rings. The summed E-state index contributed by atoms with van der Waals surface area (Å²) >= 11 is 0. The molecule has 0 aliphatic heterocycles. The van der Waals surface area contributed by atoms with E-state index in [2.05, 4.69) is 4.74 Å². The molecule has 1 N–H and O–H groups in total.